The molecule has 0 unspecified atom stereocenters. The zero-order chi connectivity index (χ0) is 11.6. The molecule has 5 heteroatoms. The lowest BCUT2D eigenvalue weighted by molar-refractivity contribution is 0.0107. The summed E-state index contributed by atoms with van der Waals surface area (Å²) in [5.74, 6) is 0. The van der Waals surface area contributed by atoms with E-state index >= 15 is 0 Å². The third-order valence-corrected chi connectivity index (χ3v) is 2.54. The van der Waals surface area contributed by atoms with Crippen LogP contribution in [0.2, 0.25) is 0 Å². The minimum Gasteiger partial charge on any atom is -0.444 e. The van der Waals surface area contributed by atoms with E-state index < -0.39 is 5.60 Å². The van der Waals surface area contributed by atoms with E-state index in [0.717, 1.165) is 12.8 Å². The molecule has 0 aromatic rings. The Bertz CT molecular complexity index is 241. The fourth-order valence-corrected chi connectivity index (χ4v) is 1.80. The number of likely N-dealkylation sites (tertiary alicyclic amines) is 1. The molecule has 0 bridgehead atoms. The van der Waals surface area contributed by atoms with Crippen LogP contribution in [0.15, 0.2) is 0 Å². The second kappa shape index (κ2) is 5.73. The molecule has 0 aromatic heterocycles. The van der Waals surface area contributed by atoms with E-state index in [2.05, 4.69) is 0 Å². The molecule has 4 nitrogen and oxygen atoms in total. The maximum Gasteiger partial charge on any atom is 0.410 e. The summed E-state index contributed by atoms with van der Waals surface area (Å²) >= 11 is 0. The van der Waals surface area contributed by atoms with Crippen LogP contribution >= 0.6 is 12.4 Å². The lowest BCUT2D eigenvalue weighted by Gasteiger charge is -2.37. The van der Waals surface area contributed by atoms with E-state index in [9.17, 15) is 4.79 Å². The van der Waals surface area contributed by atoms with Crippen LogP contribution in [0.4, 0.5) is 4.79 Å². The van der Waals surface area contributed by atoms with Gasteiger partial charge in [0.05, 0.1) is 0 Å². The number of ether oxygens (including phenoxy) is 1. The van der Waals surface area contributed by atoms with Crippen LogP contribution in [-0.4, -0.2) is 35.2 Å². The predicted molar refractivity (Wildman–Crippen MR) is 66.9 cm³/mol. The molecule has 0 aromatic carbocycles. The normalized spacial score (nSPS) is 25.9. The van der Waals surface area contributed by atoms with Gasteiger partial charge in [0, 0.05) is 18.6 Å². The number of rotatable bonds is 0. The number of nitrogens with two attached hydrogens (primary N) is 1. The molecule has 16 heavy (non-hydrogen) atoms. The molecular weight excluding hydrogens is 228 g/mol. The largest absolute Gasteiger partial charge is 0.444 e. The van der Waals surface area contributed by atoms with E-state index in [0.29, 0.717) is 6.54 Å². The van der Waals surface area contributed by atoms with E-state index in [4.69, 9.17) is 10.5 Å². The Kier molecular flexibility index (Phi) is 5.56. The van der Waals surface area contributed by atoms with Crippen molar-refractivity contribution in [3.05, 3.63) is 0 Å². The van der Waals surface area contributed by atoms with Crippen LogP contribution in [0.3, 0.4) is 0 Å². The van der Waals surface area contributed by atoms with Gasteiger partial charge in [-0.3, -0.25) is 0 Å². The second-order valence-electron chi connectivity index (χ2n) is 5.31. The van der Waals surface area contributed by atoms with Gasteiger partial charge >= 0.3 is 6.09 Å². The van der Waals surface area contributed by atoms with Gasteiger partial charge in [0.1, 0.15) is 5.60 Å². The number of hydrogen-bond acceptors (Lipinski definition) is 3. The van der Waals surface area contributed by atoms with E-state index in [-0.39, 0.29) is 30.6 Å². The summed E-state index contributed by atoms with van der Waals surface area (Å²) < 4.78 is 5.33. The van der Waals surface area contributed by atoms with Crippen molar-refractivity contribution in [2.45, 2.75) is 58.2 Å². The van der Waals surface area contributed by atoms with Crippen LogP contribution in [0.5, 0.6) is 0 Å². The van der Waals surface area contributed by atoms with Crippen LogP contribution in [0, 0.1) is 0 Å². The average Bonchev–Trinajstić information content (AvgIpc) is 1.99. The van der Waals surface area contributed by atoms with E-state index in [1.54, 1.807) is 4.90 Å². The van der Waals surface area contributed by atoms with Crippen LogP contribution in [-0.2, 0) is 4.74 Å². The number of hydrogen-bond donors (Lipinski definition) is 1. The summed E-state index contributed by atoms with van der Waals surface area (Å²) in [4.78, 5) is 13.6. The minimum absolute atomic E-state index is 0. The highest BCUT2D eigenvalue weighted by Crippen LogP contribution is 2.19. The summed E-state index contributed by atoms with van der Waals surface area (Å²) in [6.07, 6.45) is 1.50. The summed E-state index contributed by atoms with van der Waals surface area (Å²) in [6.45, 7) is 8.36. The van der Waals surface area contributed by atoms with Crippen molar-refractivity contribution in [2.75, 3.05) is 6.54 Å². The maximum atomic E-state index is 11.8. The number of amides is 1. The van der Waals surface area contributed by atoms with Gasteiger partial charge in [-0.05, 0) is 40.5 Å². The Labute approximate surface area is 104 Å². The van der Waals surface area contributed by atoms with Crippen molar-refractivity contribution >= 4 is 18.5 Å². The van der Waals surface area contributed by atoms with E-state index in [1.165, 1.54) is 0 Å². The van der Waals surface area contributed by atoms with Gasteiger partial charge in [0.2, 0.25) is 0 Å². The number of carbonyl (C=O) groups is 1. The van der Waals surface area contributed by atoms with Gasteiger partial charge in [0.25, 0.3) is 0 Å². The fraction of sp³-hybridized carbons (Fsp3) is 0.909. The Morgan fingerprint density at radius 3 is 2.44 bits per heavy atom. The molecule has 0 spiro atoms. The Balaban J connectivity index is 0.00000225. The highest BCUT2D eigenvalue weighted by atomic mass is 35.5. The third kappa shape index (κ3) is 4.58. The predicted octanol–water partition coefficient (Wildman–Crippen LogP) is 2.15. The molecule has 1 heterocycles. The van der Waals surface area contributed by atoms with Gasteiger partial charge in [-0.25, -0.2) is 4.79 Å². The molecule has 1 saturated heterocycles. The van der Waals surface area contributed by atoms with Gasteiger partial charge in [-0.2, -0.15) is 0 Å². The summed E-state index contributed by atoms with van der Waals surface area (Å²) in [5, 5.41) is 0. The van der Waals surface area contributed by atoms with Crippen molar-refractivity contribution in [1.82, 2.24) is 4.90 Å². The Morgan fingerprint density at radius 2 is 2.00 bits per heavy atom. The first-order chi connectivity index (χ1) is 6.79. The summed E-state index contributed by atoms with van der Waals surface area (Å²) in [6, 6.07) is 0.405. The zero-order valence-electron chi connectivity index (χ0n) is 10.5. The standard InChI is InChI=1S/C11H22N2O2.ClH/c1-8-7-9(12)5-6-13(8)10(14)15-11(2,3)4;/h8-9H,5-7,12H2,1-4H3;1H/t8-,9+;/m1./s1. The Morgan fingerprint density at radius 1 is 1.44 bits per heavy atom. The third-order valence-electron chi connectivity index (χ3n) is 2.54. The van der Waals surface area contributed by atoms with Gasteiger partial charge in [-0.1, -0.05) is 0 Å². The summed E-state index contributed by atoms with van der Waals surface area (Å²) in [7, 11) is 0. The lowest BCUT2D eigenvalue weighted by Crippen LogP contribution is -2.49. The number of halogens is 1. The van der Waals surface area contributed by atoms with Gasteiger partial charge in [-0.15, -0.1) is 12.4 Å². The zero-order valence-corrected chi connectivity index (χ0v) is 11.3. The smallest absolute Gasteiger partial charge is 0.410 e. The first-order valence-electron chi connectivity index (χ1n) is 5.55. The Hall–Kier alpha value is -0.480. The minimum atomic E-state index is -0.420. The molecule has 1 aliphatic heterocycles. The molecule has 1 fully saturated rings. The average molecular weight is 251 g/mol. The SMILES string of the molecule is C[C@@H]1C[C@@H](N)CCN1C(=O)OC(C)(C)C.Cl. The van der Waals surface area contributed by atoms with E-state index in [1.807, 2.05) is 27.7 Å². The molecule has 0 aliphatic carbocycles. The van der Waals surface area contributed by atoms with Crippen molar-refractivity contribution < 1.29 is 9.53 Å². The molecule has 96 valence electrons. The van der Waals surface area contributed by atoms with Crippen LogP contribution in [0.25, 0.3) is 0 Å². The number of nitrogens with zero attached hydrogens (tertiary/aromatic N) is 1. The first kappa shape index (κ1) is 15.5. The first-order valence-corrected chi connectivity index (χ1v) is 5.55. The lowest BCUT2D eigenvalue weighted by atomic mass is 10.00. The monoisotopic (exact) mass is 250 g/mol. The van der Waals surface area contributed by atoms with Crippen molar-refractivity contribution in [3.63, 3.8) is 0 Å². The molecule has 1 rings (SSSR count). The van der Waals surface area contributed by atoms with Crippen molar-refractivity contribution in [1.29, 1.82) is 0 Å². The molecular formula is C11H23ClN2O2. The van der Waals surface area contributed by atoms with Crippen LogP contribution < -0.4 is 5.73 Å². The quantitative estimate of drug-likeness (QED) is 0.717. The molecule has 2 atom stereocenters. The van der Waals surface area contributed by atoms with Gasteiger partial charge in [0.15, 0.2) is 0 Å². The topological polar surface area (TPSA) is 55.6 Å². The maximum absolute atomic E-state index is 11.8. The van der Waals surface area contributed by atoms with Crippen LogP contribution in [0.1, 0.15) is 40.5 Å². The number of carbonyl (C=O) groups excluding carboxylic acids is 1. The van der Waals surface area contributed by atoms with Crippen molar-refractivity contribution in [2.24, 2.45) is 5.73 Å². The summed E-state index contributed by atoms with van der Waals surface area (Å²) in [5.41, 5.74) is 5.42. The molecule has 0 radical (unpaired) electrons. The fourth-order valence-electron chi connectivity index (χ4n) is 1.80. The number of piperidine rings is 1. The second-order valence-corrected chi connectivity index (χ2v) is 5.31. The molecule has 1 amide bonds. The highest BCUT2D eigenvalue weighted by Gasteiger charge is 2.30. The van der Waals surface area contributed by atoms with Gasteiger partial charge < -0.3 is 15.4 Å². The van der Waals surface area contributed by atoms with Crippen molar-refractivity contribution in [3.8, 4) is 0 Å². The molecule has 0 saturated carbocycles. The highest BCUT2D eigenvalue weighted by molar-refractivity contribution is 5.85. The molecule has 2 N–H and O–H groups in total. The molecule has 1 aliphatic rings.